The van der Waals surface area contributed by atoms with Gasteiger partial charge in [0.15, 0.2) is 0 Å². The van der Waals surface area contributed by atoms with Crippen molar-refractivity contribution in [1.29, 1.82) is 0 Å². The lowest BCUT2D eigenvalue weighted by atomic mass is 10.2. The van der Waals surface area contributed by atoms with Crippen molar-refractivity contribution in [1.82, 2.24) is 20.1 Å². The third-order valence-corrected chi connectivity index (χ3v) is 6.97. The number of nitrogens with one attached hydrogen (secondary N) is 2. The number of rotatable bonds is 11. The molecule has 13 heteroatoms. The van der Waals surface area contributed by atoms with Crippen molar-refractivity contribution < 1.29 is 28.3 Å². The molecule has 0 bridgehead atoms. The fourth-order valence-electron chi connectivity index (χ4n) is 2.85. The lowest BCUT2D eigenvalue weighted by Crippen LogP contribution is -2.55. The van der Waals surface area contributed by atoms with Gasteiger partial charge in [-0.1, -0.05) is 30.3 Å². The van der Waals surface area contributed by atoms with Crippen molar-refractivity contribution in [2.75, 3.05) is 45.1 Å². The minimum Gasteiger partial charge on any atom is -0.460 e. The maximum atomic E-state index is 13.2. The Bertz CT molecular complexity index is 754. The Balaban J connectivity index is 1.90. The van der Waals surface area contributed by atoms with Gasteiger partial charge in [-0.15, -0.1) is 23.2 Å². The van der Waals surface area contributed by atoms with E-state index in [4.69, 9.17) is 37.3 Å². The van der Waals surface area contributed by atoms with Crippen molar-refractivity contribution in [3.05, 3.63) is 35.9 Å². The molecule has 1 heterocycles. The topological polar surface area (TPSA) is 109 Å². The van der Waals surface area contributed by atoms with E-state index in [0.717, 1.165) is 10.6 Å². The molecule has 1 aromatic carbocycles. The summed E-state index contributed by atoms with van der Waals surface area (Å²) in [5.41, 5.74) is 0.835. The summed E-state index contributed by atoms with van der Waals surface area (Å²) in [4.78, 5) is 29.6. The number of hydroxylamine groups is 2. The van der Waals surface area contributed by atoms with Crippen molar-refractivity contribution in [3.8, 4) is 0 Å². The number of amides is 2. The van der Waals surface area contributed by atoms with E-state index in [2.05, 4.69) is 10.4 Å². The van der Waals surface area contributed by atoms with Crippen molar-refractivity contribution in [2.24, 2.45) is 0 Å². The number of carbonyl (C=O) groups is 2. The van der Waals surface area contributed by atoms with Crippen LogP contribution in [0.25, 0.3) is 0 Å². The third-order valence-electron chi connectivity index (χ3n) is 4.33. The number of urea groups is 1. The number of halogens is 2. The predicted octanol–water partition coefficient (Wildman–Crippen LogP) is 2.53. The minimum absolute atomic E-state index is 0.102. The van der Waals surface area contributed by atoms with Gasteiger partial charge in [0.25, 0.3) is 0 Å². The van der Waals surface area contributed by atoms with E-state index in [0.29, 0.717) is 6.42 Å². The van der Waals surface area contributed by atoms with Gasteiger partial charge >= 0.3 is 19.7 Å². The second-order valence-electron chi connectivity index (χ2n) is 6.43. The number of nitrogens with zero attached hydrogens (tertiary/aromatic N) is 2. The highest BCUT2D eigenvalue weighted by Gasteiger charge is 2.41. The minimum atomic E-state index is -3.48. The van der Waals surface area contributed by atoms with E-state index < -0.39 is 25.8 Å². The summed E-state index contributed by atoms with van der Waals surface area (Å²) in [7, 11) is -2.18. The molecular formula is C18H27Cl2N4O6P. The zero-order valence-electron chi connectivity index (χ0n) is 17.2. The summed E-state index contributed by atoms with van der Waals surface area (Å²) in [6.07, 6.45) is -0.433. The molecule has 174 valence electrons. The Morgan fingerprint density at radius 3 is 2.55 bits per heavy atom. The molecular weight excluding hydrogens is 470 g/mol. The Morgan fingerprint density at radius 1 is 1.26 bits per heavy atom. The van der Waals surface area contributed by atoms with Crippen molar-refractivity contribution >= 4 is 42.9 Å². The number of hydrogen-bond acceptors (Lipinski definition) is 6. The summed E-state index contributed by atoms with van der Waals surface area (Å²) < 4.78 is 25.4. The molecule has 0 spiro atoms. The second-order valence-corrected chi connectivity index (χ2v) is 9.31. The summed E-state index contributed by atoms with van der Waals surface area (Å²) in [6, 6.07) is 8.49. The molecule has 2 N–H and O–H groups in total. The van der Waals surface area contributed by atoms with E-state index in [1.807, 2.05) is 30.3 Å². The fraction of sp³-hybridized carbons (Fsp3) is 0.556. The molecule has 2 unspecified atom stereocenters. The zero-order chi connectivity index (χ0) is 22.7. The van der Waals surface area contributed by atoms with Gasteiger partial charge in [-0.25, -0.2) is 14.6 Å². The van der Waals surface area contributed by atoms with Crippen LogP contribution in [0.1, 0.15) is 12.0 Å². The second kappa shape index (κ2) is 13.2. The number of ether oxygens (including phenoxy) is 1. The molecule has 2 rings (SSSR count). The van der Waals surface area contributed by atoms with Gasteiger partial charge < -0.3 is 14.6 Å². The summed E-state index contributed by atoms with van der Waals surface area (Å²) in [6.45, 7) is 0.458. The van der Waals surface area contributed by atoms with E-state index in [1.54, 1.807) is 0 Å². The molecule has 0 aliphatic carbocycles. The Morgan fingerprint density at radius 2 is 1.94 bits per heavy atom. The smallest absolute Gasteiger partial charge is 0.345 e. The van der Waals surface area contributed by atoms with Gasteiger partial charge in [0.2, 0.25) is 0 Å². The highest BCUT2D eigenvalue weighted by Crippen LogP contribution is 2.49. The van der Waals surface area contributed by atoms with Gasteiger partial charge in [0.1, 0.15) is 19.3 Å². The largest absolute Gasteiger partial charge is 0.460 e. The van der Waals surface area contributed by atoms with Gasteiger partial charge in [0, 0.05) is 31.3 Å². The number of carbonyl (C=O) groups excluding carboxylic acids is 2. The molecule has 1 fully saturated rings. The molecule has 2 atom stereocenters. The molecule has 0 radical (unpaired) electrons. The predicted molar refractivity (Wildman–Crippen MR) is 117 cm³/mol. The molecule has 0 aromatic heterocycles. The van der Waals surface area contributed by atoms with Crippen molar-refractivity contribution in [3.63, 3.8) is 0 Å². The molecule has 1 aliphatic heterocycles. The van der Waals surface area contributed by atoms with Crippen LogP contribution in [0.4, 0.5) is 4.79 Å². The molecule has 1 aromatic rings. The van der Waals surface area contributed by atoms with Crippen LogP contribution >= 0.6 is 30.9 Å². The van der Waals surface area contributed by atoms with Gasteiger partial charge in [0.05, 0.1) is 13.7 Å². The highest BCUT2D eigenvalue weighted by molar-refractivity contribution is 7.54. The Labute approximate surface area is 191 Å². The van der Waals surface area contributed by atoms with Crippen LogP contribution in [0.3, 0.4) is 0 Å². The van der Waals surface area contributed by atoms with Crippen LogP contribution in [0, 0.1) is 0 Å². The summed E-state index contributed by atoms with van der Waals surface area (Å²) in [5, 5.41) is 6.24. The van der Waals surface area contributed by atoms with Gasteiger partial charge in [-0.3, -0.25) is 14.2 Å². The lowest BCUT2D eigenvalue weighted by Gasteiger charge is -2.40. The van der Waals surface area contributed by atoms with E-state index in [1.165, 1.54) is 11.8 Å². The normalized spacial score (nSPS) is 21.0. The van der Waals surface area contributed by atoms with Gasteiger partial charge in [-0.05, 0) is 5.56 Å². The average Bonchev–Trinajstić information content (AvgIpc) is 2.77. The zero-order valence-corrected chi connectivity index (χ0v) is 19.6. The van der Waals surface area contributed by atoms with E-state index in [-0.39, 0.29) is 44.6 Å². The highest BCUT2D eigenvalue weighted by atomic mass is 35.5. The molecule has 2 amide bonds. The summed E-state index contributed by atoms with van der Waals surface area (Å²) >= 11 is 11.6. The molecule has 1 aliphatic rings. The first-order chi connectivity index (χ1) is 14.9. The molecule has 1 saturated heterocycles. The third kappa shape index (κ3) is 7.91. The van der Waals surface area contributed by atoms with Crippen molar-refractivity contribution in [2.45, 2.75) is 19.2 Å². The Hall–Kier alpha value is -1.39. The van der Waals surface area contributed by atoms with E-state index >= 15 is 0 Å². The van der Waals surface area contributed by atoms with Crippen LogP contribution < -0.4 is 10.4 Å². The first kappa shape index (κ1) is 25.9. The maximum absolute atomic E-state index is 13.2. The molecule has 0 saturated carbocycles. The first-order valence-corrected chi connectivity index (χ1v) is 12.3. The average molecular weight is 497 g/mol. The van der Waals surface area contributed by atoms with Crippen LogP contribution in [0.5, 0.6) is 0 Å². The van der Waals surface area contributed by atoms with Crippen LogP contribution in [0.2, 0.25) is 0 Å². The number of benzene rings is 1. The van der Waals surface area contributed by atoms with Crippen LogP contribution in [0.15, 0.2) is 30.3 Å². The number of alkyl halides is 2. The number of hydrogen-bond donors (Lipinski definition) is 2. The standard InChI is InChI=1S/C18H27Cl2N4O6P/c1-28-24(16-7-12-30-31(27,22-16)23(10-8-19)11-9-20)18(26)21-13-17(25)29-14-15-5-3-2-4-6-15/h2-6,16H,7-14H2,1H3,(H,21,26)(H,22,27). The quantitative estimate of drug-likeness (QED) is 0.208. The SMILES string of the molecule is CON(C(=O)NCC(=O)OCc1ccccc1)C1CCOP(=O)(N(CCCl)CCCl)N1. The summed E-state index contributed by atoms with van der Waals surface area (Å²) in [5.74, 6) is -0.138. The Kier molecular flexibility index (Phi) is 11.0. The molecule has 10 nitrogen and oxygen atoms in total. The van der Waals surface area contributed by atoms with Crippen LogP contribution in [-0.2, 0) is 30.1 Å². The van der Waals surface area contributed by atoms with E-state index in [9.17, 15) is 14.2 Å². The van der Waals surface area contributed by atoms with Crippen LogP contribution in [-0.4, -0.2) is 73.0 Å². The number of esters is 1. The molecule has 31 heavy (non-hydrogen) atoms. The maximum Gasteiger partial charge on any atom is 0.345 e. The lowest BCUT2D eigenvalue weighted by molar-refractivity contribution is -0.145. The fourth-order valence-corrected chi connectivity index (χ4v) is 5.58. The van der Waals surface area contributed by atoms with Gasteiger partial charge in [-0.2, -0.15) is 5.06 Å². The monoisotopic (exact) mass is 496 g/mol. The first-order valence-electron chi connectivity index (χ1n) is 9.64.